The summed E-state index contributed by atoms with van der Waals surface area (Å²) < 4.78 is 16.9. The lowest BCUT2D eigenvalue weighted by Crippen LogP contribution is -2.46. The Bertz CT molecular complexity index is 1950. The third-order valence-electron chi connectivity index (χ3n) is 8.55. The number of halogens is 3. The third kappa shape index (κ3) is 6.36. The molecule has 1 aliphatic heterocycles. The molecule has 12 heteroatoms. The smallest absolute Gasteiger partial charge is 0.165 e. The summed E-state index contributed by atoms with van der Waals surface area (Å²) in [5.41, 5.74) is 4.41. The van der Waals surface area contributed by atoms with Gasteiger partial charge in [-0.25, -0.2) is 9.07 Å². The first kappa shape index (κ1) is 31.7. The first-order valence-electron chi connectivity index (χ1n) is 15.1. The van der Waals surface area contributed by atoms with Gasteiger partial charge < -0.3 is 16.0 Å². The van der Waals surface area contributed by atoms with E-state index in [2.05, 4.69) is 63.1 Å². The van der Waals surface area contributed by atoms with E-state index in [1.165, 1.54) is 12.3 Å². The Balaban J connectivity index is 1.40. The van der Waals surface area contributed by atoms with Gasteiger partial charge in [0.1, 0.15) is 11.8 Å². The summed E-state index contributed by atoms with van der Waals surface area (Å²) in [4.78, 5) is 8.98. The minimum absolute atomic E-state index is 0.0385. The van der Waals surface area contributed by atoms with Gasteiger partial charge in [-0.1, -0.05) is 61.3 Å². The topological polar surface area (TPSA) is 116 Å². The van der Waals surface area contributed by atoms with E-state index in [9.17, 15) is 9.65 Å². The van der Waals surface area contributed by atoms with Crippen LogP contribution in [0.5, 0.6) is 0 Å². The second kappa shape index (κ2) is 12.8. The van der Waals surface area contributed by atoms with Crippen molar-refractivity contribution in [3.8, 4) is 6.07 Å². The zero-order chi connectivity index (χ0) is 32.6. The number of nitrogens with zero attached hydrogens (tertiary/aromatic N) is 6. The van der Waals surface area contributed by atoms with Crippen molar-refractivity contribution in [1.29, 1.82) is 5.26 Å². The predicted octanol–water partition coefficient (Wildman–Crippen LogP) is 8.13. The number of nitriles is 1. The highest BCUT2D eigenvalue weighted by Crippen LogP contribution is 2.38. The van der Waals surface area contributed by atoms with Crippen LogP contribution in [0.2, 0.25) is 10.0 Å². The Morgan fingerprint density at radius 2 is 1.96 bits per heavy atom. The molecule has 2 aromatic carbocycles. The lowest BCUT2D eigenvalue weighted by Gasteiger charge is -2.38. The van der Waals surface area contributed by atoms with E-state index in [0.717, 1.165) is 36.3 Å². The van der Waals surface area contributed by atoms with Crippen LogP contribution in [0.15, 0.2) is 61.1 Å². The maximum Gasteiger partial charge on any atom is 0.165 e. The highest BCUT2D eigenvalue weighted by atomic mass is 35.5. The van der Waals surface area contributed by atoms with Crippen molar-refractivity contribution in [2.45, 2.75) is 58.7 Å². The first-order valence-corrected chi connectivity index (χ1v) is 15.9. The summed E-state index contributed by atoms with van der Waals surface area (Å²) in [6.07, 6.45) is 7.08. The lowest BCUT2D eigenvalue weighted by atomic mass is 9.80. The molecule has 0 saturated carbocycles. The molecule has 236 valence electrons. The monoisotopic (exact) mass is 657 g/mol. The summed E-state index contributed by atoms with van der Waals surface area (Å²) in [5.74, 6) is -0.629. The maximum atomic E-state index is 14.9. The molecule has 6 rings (SSSR count). The molecule has 0 aliphatic carbocycles. The lowest BCUT2D eigenvalue weighted by molar-refractivity contribution is 0.179. The molecule has 3 atom stereocenters. The zero-order valence-corrected chi connectivity index (χ0v) is 27.5. The van der Waals surface area contributed by atoms with Gasteiger partial charge in [0.25, 0.3) is 0 Å². The Kier molecular flexibility index (Phi) is 8.84. The highest BCUT2D eigenvalue weighted by Gasteiger charge is 2.32. The van der Waals surface area contributed by atoms with Gasteiger partial charge in [0, 0.05) is 40.8 Å². The Morgan fingerprint density at radius 3 is 2.72 bits per heavy atom. The fourth-order valence-corrected chi connectivity index (χ4v) is 6.42. The Labute approximate surface area is 277 Å². The number of piperidine rings is 1. The number of nitrogens with one attached hydrogen (secondary N) is 3. The molecule has 1 saturated heterocycles. The highest BCUT2D eigenvalue weighted by molar-refractivity contribution is 6.36. The van der Waals surface area contributed by atoms with Crippen molar-refractivity contribution in [2.75, 3.05) is 17.2 Å². The van der Waals surface area contributed by atoms with E-state index < -0.39 is 11.9 Å². The van der Waals surface area contributed by atoms with Crippen LogP contribution in [0.1, 0.15) is 68.2 Å². The molecule has 0 bridgehead atoms. The van der Waals surface area contributed by atoms with Crippen molar-refractivity contribution >= 4 is 51.2 Å². The van der Waals surface area contributed by atoms with Crippen LogP contribution >= 0.6 is 23.2 Å². The van der Waals surface area contributed by atoms with Crippen molar-refractivity contribution in [2.24, 2.45) is 5.41 Å². The molecule has 4 heterocycles. The maximum absolute atomic E-state index is 14.9. The van der Waals surface area contributed by atoms with Crippen LogP contribution < -0.4 is 16.0 Å². The SMILES string of the molecule is Cc1ncccc1[C@H](Nc1cc(Cl)c2ncc(C#N)c(Nc3cccc(Cl)c3F)c2c1)c1cn(C2CCNC(C(C)(C)C)C2)nn1. The number of rotatable bonds is 7. The molecule has 0 spiro atoms. The summed E-state index contributed by atoms with van der Waals surface area (Å²) >= 11 is 12.8. The molecule has 0 amide bonds. The average Bonchev–Trinajstić information content (AvgIpc) is 3.53. The van der Waals surface area contributed by atoms with E-state index in [4.69, 9.17) is 23.2 Å². The molecule has 1 fully saturated rings. The number of fused-ring (bicyclic) bond motifs is 1. The second-order valence-electron chi connectivity index (χ2n) is 12.7. The van der Waals surface area contributed by atoms with Crippen LogP contribution in [0.4, 0.5) is 21.5 Å². The molecular weight excluding hydrogens is 624 g/mol. The Morgan fingerprint density at radius 1 is 1.13 bits per heavy atom. The first-order chi connectivity index (χ1) is 22.0. The van der Waals surface area contributed by atoms with Gasteiger partial charge in [0.15, 0.2) is 5.82 Å². The van der Waals surface area contributed by atoms with Gasteiger partial charge in [-0.2, -0.15) is 5.26 Å². The van der Waals surface area contributed by atoms with Gasteiger partial charge in [-0.15, -0.1) is 5.10 Å². The fourth-order valence-electron chi connectivity index (χ4n) is 5.98. The normalized spacial score (nSPS) is 17.4. The van der Waals surface area contributed by atoms with Crippen LogP contribution in [-0.4, -0.2) is 37.5 Å². The van der Waals surface area contributed by atoms with Gasteiger partial charge in [-0.3, -0.25) is 9.97 Å². The third-order valence-corrected chi connectivity index (χ3v) is 9.13. The van der Waals surface area contributed by atoms with Gasteiger partial charge in [-0.05, 0) is 62.1 Å². The standard InChI is InChI=1S/C34H34Cl2FN9/c1-19-23(7-6-11-39-19)33(28-18-46(45-44-28)22-10-12-40-29(15-22)34(2,3)4)42-21-13-24-31(43-27-9-5-8-25(35)30(27)37)20(16-38)17-41-32(24)26(36)14-21/h5-9,11,13-14,17-18,22,29,33,40,42H,10,12,15H2,1-4H3,(H,41,43)/t22?,29?,33-/m0/s1. The number of aryl methyl sites for hydroxylation is 1. The van der Waals surface area contributed by atoms with Crippen LogP contribution in [0.3, 0.4) is 0 Å². The number of hydrogen-bond acceptors (Lipinski definition) is 8. The largest absolute Gasteiger partial charge is 0.373 e. The number of aromatic nitrogens is 5. The van der Waals surface area contributed by atoms with Crippen LogP contribution in [-0.2, 0) is 0 Å². The number of hydrogen-bond donors (Lipinski definition) is 3. The fraction of sp³-hybridized carbons (Fsp3) is 0.324. The predicted molar refractivity (Wildman–Crippen MR) is 180 cm³/mol. The van der Waals surface area contributed by atoms with Gasteiger partial charge in [0.2, 0.25) is 0 Å². The number of benzene rings is 2. The summed E-state index contributed by atoms with van der Waals surface area (Å²) in [6, 6.07) is 14.4. The zero-order valence-electron chi connectivity index (χ0n) is 25.9. The minimum Gasteiger partial charge on any atom is -0.373 e. The van der Waals surface area contributed by atoms with Crippen molar-refractivity contribution < 1.29 is 4.39 Å². The van der Waals surface area contributed by atoms with Crippen molar-refractivity contribution in [3.63, 3.8) is 0 Å². The van der Waals surface area contributed by atoms with Gasteiger partial charge in [0.05, 0.1) is 50.8 Å². The summed E-state index contributed by atoms with van der Waals surface area (Å²) in [5, 5.41) is 30.3. The van der Waals surface area contributed by atoms with Crippen molar-refractivity contribution in [3.05, 3.63) is 99.4 Å². The van der Waals surface area contributed by atoms with E-state index in [0.29, 0.717) is 33.3 Å². The average molecular weight is 659 g/mol. The van der Waals surface area contributed by atoms with Crippen LogP contribution in [0, 0.1) is 29.5 Å². The summed E-state index contributed by atoms with van der Waals surface area (Å²) in [7, 11) is 0. The van der Waals surface area contributed by atoms with E-state index in [-0.39, 0.29) is 27.7 Å². The summed E-state index contributed by atoms with van der Waals surface area (Å²) in [6.45, 7) is 9.62. The van der Waals surface area contributed by atoms with Gasteiger partial charge >= 0.3 is 0 Å². The molecule has 46 heavy (non-hydrogen) atoms. The van der Waals surface area contributed by atoms with E-state index in [1.54, 1.807) is 24.4 Å². The molecule has 5 aromatic rings. The van der Waals surface area contributed by atoms with E-state index in [1.807, 2.05) is 36.0 Å². The second-order valence-corrected chi connectivity index (χ2v) is 13.5. The molecule has 1 aliphatic rings. The van der Waals surface area contributed by atoms with Crippen molar-refractivity contribution in [1.82, 2.24) is 30.3 Å². The molecular formula is C34H34Cl2FN9. The molecule has 3 aromatic heterocycles. The van der Waals surface area contributed by atoms with E-state index >= 15 is 0 Å². The Hall–Kier alpha value is -4.30. The van der Waals surface area contributed by atoms with Crippen LogP contribution in [0.25, 0.3) is 10.9 Å². The number of anilines is 3. The molecule has 2 unspecified atom stereocenters. The quantitative estimate of drug-likeness (QED) is 0.161. The molecule has 0 radical (unpaired) electrons. The minimum atomic E-state index is -0.629. The molecule has 3 N–H and O–H groups in total. The molecule has 9 nitrogen and oxygen atoms in total. The number of pyridine rings is 2.